The SMILES string of the molecule is CCCC(C)N(C)C(=O)c1csc(CN)n1. The molecule has 0 bridgehead atoms. The van der Waals surface area contributed by atoms with Crippen molar-refractivity contribution in [2.24, 2.45) is 5.73 Å². The molecule has 0 saturated heterocycles. The maximum Gasteiger partial charge on any atom is 0.273 e. The largest absolute Gasteiger partial charge is 0.338 e. The first kappa shape index (κ1) is 13.1. The molecule has 0 saturated carbocycles. The van der Waals surface area contributed by atoms with E-state index in [1.165, 1.54) is 11.3 Å². The van der Waals surface area contributed by atoms with Crippen LogP contribution in [-0.2, 0) is 6.54 Å². The van der Waals surface area contributed by atoms with Crippen LogP contribution < -0.4 is 5.73 Å². The lowest BCUT2D eigenvalue weighted by Gasteiger charge is -2.23. The first-order chi connectivity index (χ1) is 7.60. The molecule has 0 aliphatic heterocycles. The van der Waals surface area contributed by atoms with Crippen molar-refractivity contribution in [3.8, 4) is 0 Å². The third kappa shape index (κ3) is 3.02. The van der Waals surface area contributed by atoms with Crippen LogP contribution in [-0.4, -0.2) is 28.9 Å². The molecular weight excluding hydrogens is 222 g/mol. The van der Waals surface area contributed by atoms with Crippen molar-refractivity contribution < 1.29 is 4.79 Å². The van der Waals surface area contributed by atoms with Gasteiger partial charge in [0.15, 0.2) is 0 Å². The molecule has 1 aromatic rings. The summed E-state index contributed by atoms with van der Waals surface area (Å²) in [6.45, 7) is 4.56. The van der Waals surface area contributed by atoms with Gasteiger partial charge in [0.05, 0.1) is 0 Å². The number of aromatic nitrogens is 1. The standard InChI is InChI=1S/C11H19N3OS/c1-4-5-8(2)14(3)11(15)9-7-16-10(6-12)13-9/h7-8H,4-6,12H2,1-3H3. The van der Waals surface area contributed by atoms with Gasteiger partial charge in [-0.1, -0.05) is 13.3 Å². The second kappa shape index (κ2) is 5.96. The molecule has 1 heterocycles. The van der Waals surface area contributed by atoms with Crippen LogP contribution in [0.15, 0.2) is 5.38 Å². The Morgan fingerprint density at radius 1 is 1.69 bits per heavy atom. The van der Waals surface area contributed by atoms with E-state index >= 15 is 0 Å². The van der Waals surface area contributed by atoms with Crippen LogP contribution in [0.25, 0.3) is 0 Å². The van der Waals surface area contributed by atoms with Crippen LogP contribution in [0, 0.1) is 0 Å². The highest BCUT2D eigenvalue weighted by Crippen LogP contribution is 2.13. The molecule has 0 radical (unpaired) electrons. The van der Waals surface area contributed by atoms with Crippen LogP contribution in [0.2, 0.25) is 0 Å². The monoisotopic (exact) mass is 241 g/mol. The smallest absolute Gasteiger partial charge is 0.273 e. The summed E-state index contributed by atoms with van der Waals surface area (Å²) in [5, 5.41) is 2.58. The van der Waals surface area contributed by atoms with E-state index in [1.54, 1.807) is 10.3 Å². The van der Waals surface area contributed by atoms with Crippen molar-refractivity contribution in [3.63, 3.8) is 0 Å². The molecule has 5 heteroatoms. The molecule has 2 N–H and O–H groups in total. The van der Waals surface area contributed by atoms with Gasteiger partial charge >= 0.3 is 0 Å². The molecule has 4 nitrogen and oxygen atoms in total. The summed E-state index contributed by atoms with van der Waals surface area (Å²) >= 11 is 1.44. The fourth-order valence-corrected chi connectivity index (χ4v) is 2.14. The first-order valence-corrected chi connectivity index (χ1v) is 6.39. The summed E-state index contributed by atoms with van der Waals surface area (Å²) in [4.78, 5) is 18.0. The average Bonchev–Trinajstić information content (AvgIpc) is 2.75. The normalized spacial score (nSPS) is 12.5. The Morgan fingerprint density at radius 3 is 2.88 bits per heavy atom. The molecule has 0 aromatic carbocycles. The molecule has 90 valence electrons. The lowest BCUT2D eigenvalue weighted by molar-refractivity contribution is 0.0731. The summed E-state index contributed by atoms with van der Waals surface area (Å²) in [6, 6.07) is 0.250. The number of hydrogen-bond acceptors (Lipinski definition) is 4. The van der Waals surface area contributed by atoms with Gasteiger partial charge in [-0.25, -0.2) is 4.98 Å². The number of rotatable bonds is 5. The molecule has 1 rings (SSSR count). The Labute approximate surface area is 100 Å². The molecule has 0 spiro atoms. The van der Waals surface area contributed by atoms with Crippen LogP contribution in [0.1, 0.15) is 42.2 Å². The van der Waals surface area contributed by atoms with Gasteiger partial charge in [0, 0.05) is 25.0 Å². The molecule has 1 atom stereocenters. The van der Waals surface area contributed by atoms with E-state index in [0.29, 0.717) is 12.2 Å². The summed E-state index contributed by atoms with van der Waals surface area (Å²) < 4.78 is 0. The van der Waals surface area contributed by atoms with Gasteiger partial charge in [0.1, 0.15) is 10.7 Å². The quantitative estimate of drug-likeness (QED) is 0.856. The number of thiazole rings is 1. The van der Waals surface area contributed by atoms with Crippen molar-refractivity contribution in [3.05, 3.63) is 16.1 Å². The van der Waals surface area contributed by atoms with E-state index in [4.69, 9.17) is 5.73 Å². The highest BCUT2D eigenvalue weighted by atomic mass is 32.1. The zero-order chi connectivity index (χ0) is 12.1. The van der Waals surface area contributed by atoms with Crippen LogP contribution in [0.5, 0.6) is 0 Å². The van der Waals surface area contributed by atoms with Gasteiger partial charge in [-0.3, -0.25) is 4.79 Å². The predicted molar refractivity (Wildman–Crippen MR) is 66.5 cm³/mol. The van der Waals surface area contributed by atoms with Gasteiger partial charge in [-0.2, -0.15) is 0 Å². The Kier molecular flexibility index (Phi) is 4.89. The minimum atomic E-state index is -0.0168. The van der Waals surface area contributed by atoms with E-state index in [2.05, 4.69) is 18.8 Å². The summed E-state index contributed by atoms with van der Waals surface area (Å²) in [6.07, 6.45) is 2.08. The Balaban J connectivity index is 2.69. The topological polar surface area (TPSA) is 59.2 Å². The summed E-state index contributed by atoms with van der Waals surface area (Å²) in [5.74, 6) is -0.0168. The van der Waals surface area contributed by atoms with Gasteiger partial charge in [-0.05, 0) is 13.3 Å². The molecule has 0 aliphatic carbocycles. The van der Waals surface area contributed by atoms with Gasteiger partial charge < -0.3 is 10.6 Å². The van der Waals surface area contributed by atoms with Gasteiger partial charge in [-0.15, -0.1) is 11.3 Å². The fraction of sp³-hybridized carbons (Fsp3) is 0.636. The number of carbonyl (C=O) groups excluding carboxylic acids is 1. The van der Waals surface area contributed by atoms with E-state index in [1.807, 2.05) is 7.05 Å². The average molecular weight is 241 g/mol. The molecule has 1 unspecified atom stereocenters. The van der Waals surface area contributed by atoms with E-state index < -0.39 is 0 Å². The Morgan fingerprint density at radius 2 is 2.38 bits per heavy atom. The minimum absolute atomic E-state index is 0.0168. The van der Waals surface area contributed by atoms with Crippen molar-refractivity contribution in [1.82, 2.24) is 9.88 Å². The number of hydrogen-bond donors (Lipinski definition) is 1. The lowest BCUT2D eigenvalue weighted by atomic mass is 10.1. The predicted octanol–water partition coefficient (Wildman–Crippen LogP) is 1.86. The Bertz CT molecular complexity index is 351. The summed E-state index contributed by atoms with van der Waals surface area (Å²) in [5.41, 5.74) is 5.98. The molecule has 1 amide bonds. The van der Waals surface area contributed by atoms with E-state index in [0.717, 1.165) is 17.8 Å². The van der Waals surface area contributed by atoms with Crippen molar-refractivity contribution in [1.29, 1.82) is 0 Å². The molecule has 16 heavy (non-hydrogen) atoms. The van der Waals surface area contributed by atoms with Crippen LogP contribution >= 0.6 is 11.3 Å². The summed E-state index contributed by atoms with van der Waals surface area (Å²) in [7, 11) is 1.82. The first-order valence-electron chi connectivity index (χ1n) is 5.51. The minimum Gasteiger partial charge on any atom is -0.338 e. The molecule has 0 aliphatic rings. The second-order valence-electron chi connectivity index (χ2n) is 3.88. The molecular formula is C11H19N3OS. The van der Waals surface area contributed by atoms with Crippen molar-refractivity contribution in [2.45, 2.75) is 39.3 Å². The zero-order valence-electron chi connectivity index (χ0n) is 10.1. The van der Waals surface area contributed by atoms with E-state index in [9.17, 15) is 4.79 Å². The molecule has 0 fully saturated rings. The number of nitrogens with zero attached hydrogens (tertiary/aromatic N) is 2. The fourth-order valence-electron chi connectivity index (χ4n) is 1.50. The zero-order valence-corrected chi connectivity index (χ0v) is 10.9. The van der Waals surface area contributed by atoms with E-state index in [-0.39, 0.29) is 11.9 Å². The van der Waals surface area contributed by atoms with Gasteiger partial charge in [0.25, 0.3) is 5.91 Å². The second-order valence-corrected chi connectivity index (χ2v) is 4.83. The van der Waals surface area contributed by atoms with Crippen LogP contribution in [0.3, 0.4) is 0 Å². The maximum absolute atomic E-state index is 12.0. The third-order valence-corrected chi connectivity index (χ3v) is 3.50. The Hall–Kier alpha value is -0.940. The lowest BCUT2D eigenvalue weighted by Crippen LogP contribution is -2.35. The van der Waals surface area contributed by atoms with Crippen LogP contribution in [0.4, 0.5) is 0 Å². The molecule has 1 aromatic heterocycles. The highest BCUT2D eigenvalue weighted by Gasteiger charge is 2.19. The number of amides is 1. The number of carbonyl (C=O) groups is 1. The van der Waals surface area contributed by atoms with Crippen molar-refractivity contribution >= 4 is 17.2 Å². The number of nitrogens with two attached hydrogens (primary N) is 1. The third-order valence-electron chi connectivity index (χ3n) is 2.63. The van der Waals surface area contributed by atoms with Crippen molar-refractivity contribution in [2.75, 3.05) is 7.05 Å². The highest BCUT2D eigenvalue weighted by molar-refractivity contribution is 7.09. The maximum atomic E-state index is 12.0. The van der Waals surface area contributed by atoms with Gasteiger partial charge in [0.2, 0.25) is 0 Å².